The number of fused-ring (bicyclic) bond motifs is 6. The Hall–Kier alpha value is -4.60. The first-order valence-electron chi connectivity index (χ1n) is 12.6. The number of benzene rings is 2. The summed E-state index contributed by atoms with van der Waals surface area (Å²) in [6.07, 6.45) is 8.78. The van der Waals surface area contributed by atoms with Crippen LogP contribution in [-0.4, -0.2) is 64.7 Å². The zero-order valence-corrected chi connectivity index (χ0v) is 27.9. The van der Waals surface area contributed by atoms with Gasteiger partial charge in [-0.2, -0.15) is 0 Å². The summed E-state index contributed by atoms with van der Waals surface area (Å²) in [7, 11) is 0. The molecule has 6 aromatic rings. The molecule has 0 radical (unpaired) electrons. The van der Waals surface area contributed by atoms with E-state index in [4.69, 9.17) is 0 Å². The molecule has 15 heteroatoms. The molecule has 0 atom stereocenters. The third-order valence-corrected chi connectivity index (χ3v) is 5.95. The van der Waals surface area contributed by atoms with Crippen LogP contribution in [0.2, 0.25) is 0 Å². The van der Waals surface area contributed by atoms with E-state index >= 15 is 0 Å². The molecule has 12 N–H and O–H groups in total. The van der Waals surface area contributed by atoms with Crippen molar-refractivity contribution in [3.8, 4) is 0 Å². The number of hydrogen-bond acceptors (Lipinski definition) is 8. The number of carbonyl (C=O) groups excluding carboxylic acids is 2. The molecule has 4 aromatic heterocycles. The van der Waals surface area contributed by atoms with E-state index in [2.05, 4.69) is 68.5 Å². The van der Waals surface area contributed by atoms with Gasteiger partial charge in [0.05, 0.1) is 22.1 Å². The molecule has 0 aliphatic rings. The third-order valence-electron chi connectivity index (χ3n) is 5.95. The maximum Gasteiger partial charge on any atom is 2.00 e. The van der Waals surface area contributed by atoms with Gasteiger partial charge in [-0.1, -0.05) is 55.0 Å². The Labute approximate surface area is 276 Å². The van der Waals surface area contributed by atoms with Crippen LogP contribution >= 0.6 is 0 Å². The first-order valence-corrected chi connectivity index (χ1v) is 12.6. The van der Waals surface area contributed by atoms with E-state index in [-0.39, 0.29) is 65.2 Å². The Balaban J connectivity index is -0.000000270. The number of carboxylic acid groups (broad SMARTS) is 2. The van der Waals surface area contributed by atoms with Gasteiger partial charge in [0, 0.05) is 58.3 Å². The first kappa shape index (κ1) is 48.3. The van der Waals surface area contributed by atoms with Crippen molar-refractivity contribution in [3.05, 3.63) is 97.6 Å². The van der Waals surface area contributed by atoms with Crippen LogP contribution in [0.15, 0.2) is 97.6 Å². The molecule has 2 aromatic carbocycles. The largest absolute Gasteiger partial charge is 2.00 e. The Morgan fingerprint density at radius 1 is 0.435 bits per heavy atom. The minimum absolute atomic E-state index is 0. The molecule has 6 rings (SSSR count). The molecule has 0 unspecified atom stereocenters. The van der Waals surface area contributed by atoms with Crippen molar-refractivity contribution >= 4 is 55.6 Å². The van der Waals surface area contributed by atoms with Crippen molar-refractivity contribution < 1.29 is 72.1 Å². The van der Waals surface area contributed by atoms with Crippen LogP contribution in [0.25, 0.3) is 43.6 Å². The predicted molar refractivity (Wildman–Crippen MR) is 169 cm³/mol. The number of hydrogen-bond donors (Lipinski definition) is 0. The van der Waals surface area contributed by atoms with Gasteiger partial charge in [0.2, 0.25) is 0 Å². The summed E-state index contributed by atoms with van der Waals surface area (Å²) in [5.74, 6) is -2.17. The second-order valence-corrected chi connectivity index (χ2v) is 8.74. The smallest absolute Gasteiger partial charge is 0.550 e. The van der Waals surface area contributed by atoms with E-state index in [0.717, 1.165) is 43.6 Å². The van der Waals surface area contributed by atoms with Crippen LogP contribution in [0.3, 0.4) is 0 Å². The summed E-state index contributed by atoms with van der Waals surface area (Å²) in [4.78, 5) is 37.1. The summed E-state index contributed by atoms with van der Waals surface area (Å²) >= 11 is 0. The first-order chi connectivity index (χ1) is 19.0. The summed E-state index contributed by atoms with van der Waals surface area (Å²) in [6, 6.07) is 24.3. The van der Waals surface area contributed by atoms with E-state index < -0.39 is 11.9 Å². The molecule has 0 saturated carbocycles. The van der Waals surface area contributed by atoms with Crippen molar-refractivity contribution in [2.75, 3.05) is 0 Å². The number of rotatable bonds is 6. The molecule has 0 fully saturated rings. The Morgan fingerprint density at radius 3 is 0.891 bits per heavy atom. The molecule has 0 bridgehead atoms. The van der Waals surface area contributed by atoms with Gasteiger partial charge < -0.3 is 52.7 Å². The molecule has 0 spiro atoms. The predicted octanol–water partition coefficient (Wildman–Crippen LogP) is -0.948. The number of unbranched alkanes of at least 4 members (excludes halogenated alkanes) is 2. The minimum atomic E-state index is -1.08. The zero-order valence-electron chi connectivity index (χ0n) is 24.9. The standard InChI is InChI=1S/2C12H8N2.C7H12O4.6H2O.Zn/c2*1-3-9-5-6-10-4-2-8-14-12(10)11(9)13-7-1;8-6(9)4-2-1-3-5-7(10)11;;;;;;;/h2*1-8H;1-5H2,(H,8,9)(H,10,11);6*1H2;/q;;;;;;;;;+2/p-2. The summed E-state index contributed by atoms with van der Waals surface area (Å²) in [5.41, 5.74) is 3.91. The monoisotopic (exact) mass is 690 g/mol. The molecular weight excluding hydrogens is 654 g/mol. The van der Waals surface area contributed by atoms with Crippen molar-refractivity contribution in [1.82, 2.24) is 19.9 Å². The van der Waals surface area contributed by atoms with Gasteiger partial charge >= 0.3 is 19.5 Å². The molecule has 4 heterocycles. The van der Waals surface area contributed by atoms with Crippen molar-refractivity contribution in [1.29, 1.82) is 0 Å². The van der Waals surface area contributed by atoms with E-state index in [9.17, 15) is 19.8 Å². The van der Waals surface area contributed by atoms with Gasteiger partial charge in [-0.25, -0.2) is 0 Å². The molecule has 46 heavy (non-hydrogen) atoms. The fourth-order valence-electron chi connectivity index (χ4n) is 4.07. The summed E-state index contributed by atoms with van der Waals surface area (Å²) in [5, 5.41) is 24.3. The van der Waals surface area contributed by atoms with Gasteiger partial charge in [0.1, 0.15) is 0 Å². The average molecular weight is 692 g/mol. The number of pyridine rings is 4. The average Bonchev–Trinajstić information content (AvgIpc) is 2.97. The third kappa shape index (κ3) is 13.6. The van der Waals surface area contributed by atoms with Gasteiger partial charge in [0.15, 0.2) is 0 Å². The van der Waals surface area contributed by atoms with Crippen molar-refractivity contribution in [2.45, 2.75) is 32.1 Å². The fourth-order valence-corrected chi connectivity index (χ4v) is 4.07. The summed E-state index contributed by atoms with van der Waals surface area (Å²) < 4.78 is 0. The van der Waals surface area contributed by atoms with Crippen molar-refractivity contribution in [2.24, 2.45) is 0 Å². The normalized spacial score (nSPS) is 8.87. The molecule has 244 valence electrons. The van der Waals surface area contributed by atoms with Crippen LogP contribution < -0.4 is 10.2 Å². The minimum Gasteiger partial charge on any atom is -0.550 e. The van der Waals surface area contributed by atoms with Crippen LogP contribution in [0, 0.1) is 0 Å². The number of aliphatic carboxylic acids is 2. The Kier molecular flexibility index (Phi) is 25.9. The molecule has 0 aliphatic carbocycles. The van der Waals surface area contributed by atoms with E-state index in [1.54, 1.807) is 24.8 Å². The second-order valence-electron chi connectivity index (χ2n) is 8.74. The van der Waals surface area contributed by atoms with E-state index in [0.29, 0.717) is 19.3 Å². The maximum absolute atomic E-state index is 9.86. The quantitative estimate of drug-likeness (QED) is 0.119. The maximum atomic E-state index is 9.86. The van der Waals surface area contributed by atoms with Gasteiger partial charge in [-0.15, -0.1) is 0 Å². The van der Waals surface area contributed by atoms with Gasteiger partial charge in [0.25, 0.3) is 0 Å². The second kappa shape index (κ2) is 24.7. The van der Waals surface area contributed by atoms with E-state index in [1.807, 2.05) is 24.3 Å². The Morgan fingerprint density at radius 2 is 0.674 bits per heavy atom. The molecule has 0 saturated heterocycles. The number of carboxylic acids is 2. The molecule has 0 aliphatic heterocycles. The van der Waals surface area contributed by atoms with Crippen LogP contribution in [0.1, 0.15) is 32.1 Å². The number of carbonyl (C=O) groups is 2. The zero-order chi connectivity index (χ0) is 27.5. The fraction of sp³-hybridized carbons (Fsp3) is 0.161. The van der Waals surface area contributed by atoms with Crippen LogP contribution in [-0.2, 0) is 29.1 Å². The number of nitrogens with zero attached hydrogens (tertiary/aromatic N) is 4. The molecule has 0 amide bonds. The van der Waals surface area contributed by atoms with Crippen LogP contribution in [0.4, 0.5) is 0 Å². The van der Waals surface area contributed by atoms with E-state index in [1.165, 1.54) is 0 Å². The van der Waals surface area contributed by atoms with Crippen LogP contribution in [0.5, 0.6) is 0 Å². The van der Waals surface area contributed by atoms with Crippen molar-refractivity contribution in [3.63, 3.8) is 0 Å². The van der Waals surface area contributed by atoms with Gasteiger partial charge in [-0.3, -0.25) is 19.9 Å². The SMILES string of the molecule is O.O.O.O.O.O.O=C([O-])CCCCCC(=O)[O-].[Zn+2].c1cnc2c(c1)ccc1cccnc12.c1cnc2c(c1)ccc1cccnc12. The van der Waals surface area contributed by atoms with Gasteiger partial charge in [-0.05, 0) is 49.9 Å². The number of aromatic nitrogens is 4. The molecule has 14 nitrogen and oxygen atoms in total. The Bertz CT molecular complexity index is 1510. The molecular formula is C31H38N4O10Zn. The summed E-state index contributed by atoms with van der Waals surface area (Å²) in [6.45, 7) is 0. The topological polar surface area (TPSA) is 321 Å².